The Labute approximate surface area is 143 Å². The summed E-state index contributed by atoms with van der Waals surface area (Å²) in [4.78, 5) is 0. The van der Waals surface area contributed by atoms with Crippen molar-refractivity contribution < 1.29 is 9.47 Å². The van der Waals surface area contributed by atoms with Crippen LogP contribution in [0.4, 0.5) is 0 Å². The monoisotopic (exact) mass is 324 g/mol. The molecule has 2 aliphatic rings. The van der Waals surface area contributed by atoms with Crippen LogP contribution in [-0.2, 0) is 22.6 Å². The molecule has 4 nitrogen and oxygen atoms in total. The minimum absolute atomic E-state index is 0.141. The number of rotatable bonds is 6. The van der Waals surface area contributed by atoms with E-state index < -0.39 is 0 Å². The second-order valence-electron chi connectivity index (χ2n) is 6.54. The molecular formula is C20H24N2O2. The Kier molecular flexibility index (Phi) is 4.90. The highest BCUT2D eigenvalue weighted by Crippen LogP contribution is 2.27. The van der Waals surface area contributed by atoms with Crippen LogP contribution in [0.5, 0.6) is 0 Å². The molecule has 0 aliphatic carbocycles. The molecule has 2 aromatic rings. The number of ether oxygens (including phenoxy) is 2. The van der Waals surface area contributed by atoms with Gasteiger partial charge in [0.2, 0.25) is 0 Å². The van der Waals surface area contributed by atoms with Crippen LogP contribution < -0.4 is 10.6 Å². The summed E-state index contributed by atoms with van der Waals surface area (Å²) in [7, 11) is 0. The van der Waals surface area contributed by atoms with E-state index >= 15 is 0 Å². The Balaban J connectivity index is 1.29. The largest absolute Gasteiger partial charge is 0.372 e. The average molecular weight is 324 g/mol. The fourth-order valence-electron chi connectivity index (χ4n) is 3.54. The quantitative estimate of drug-likeness (QED) is 0.854. The van der Waals surface area contributed by atoms with Crippen LogP contribution in [-0.4, -0.2) is 37.5 Å². The molecule has 0 radical (unpaired) electrons. The molecule has 126 valence electrons. The minimum Gasteiger partial charge on any atom is -0.372 e. The predicted octanol–water partition coefficient (Wildman–Crippen LogP) is 2.10. The second-order valence-corrected chi connectivity index (χ2v) is 6.54. The van der Waals surface area contributed by atoms with Crippen LogP contribution >= 0.6 is 0 Å². The van der Waals surface area contributed by atoms with E-state index in [1.807, 2.05) is 12.1 Å². The molecule has 2 saturated heterocycles. The van der Waals surface area contributed by atoms with E-state index in [4.69, 9.17) is 9.47 Å². The summed E-state index contributed by atoms with van der Waals surface area (Å²) < 4.78 is 12.1. The summed E-state index contributed by atoms with van der Waals surface area (Å²) in [6.07, 6.45) is 0.281. The van der Waals surface area contributed by atoms with E-state index in [9.17, 15) is 0 Å². The normalized spacial score (nSPS) is 28.8. The average Bonchev–Trinajstić information content (AvgIpc) is 3.22. The fraction of sp³-hybridized carbons (Fsp3) is 0.400. The lowest BCUT2D eigenvalue weighted by Gasteiger charge is -2.18. The van der Waals surface area contributed by atoms with Crippen molar-refractivity contribution in [1.82, 2.24) is 10.6 Å². The molecule has 2 fully saturated rings. The van der Waals surface area contributed by atoms with Gasteiger partial charge in [-0.25, -0.2) is 0 Å². The fourth-order valence-corrected chi connectivity index (χ4v) is 3.54. The summed E-state index contributed by atoms with van der Waals surface area (Å²) in [6, 6.07) is 21.4. The molecule has 2 aliphatic heterocycles. The first-order valence-electron chi connectivity index (χ1n) is 8.68. The van der Waals surface area contributed by atoms with Crippen molar-refractivity contribution in [3.63, 3.8) is 0 Å². The van der Waals surface area contributed by atoms with Crippen molar-refractivity contribution in [3.05, 3.63) is 71.8 Å². The number of nitrogens with one attached hydrogen (secondary N) is 2. The second kappa shape index (κ2) is 7.45. The van der Waals surface area contributed by atoms with Gasteiger partial charge in [-0.15, -0.1) is 0 Å². The maximum Gasteiger partial charge on any atom is 0.103 e. The highest BCUT2D eigenvalue weighted by molar-refractivity contribution is 5.16. The van der Waals surface area contributed by atoms with E-state index in [2.05, 4.69) is 59.2 Å². The molecule has 4 rings (SSSR count). The van der Waals surface area contributed by atoms with Crippen LogP contribution in [0, 0.1) is 0 Å². The molecule has 0 spiro atoms. The first kappa shape index (κ1) is 15.8. The Morgan fingerprint density at radius 3 is 1.50 bits per heavy atom. The third-order valence-corrected chi connectivity index (χ3v) is 4.88. The summed E-state index contributed by atoms with van der Waals surface area (Å²) in [6.45, 7) is 3.13. The van der Waals surface area contributed by atoms with E-state index in [-0.39, 0.29) is 24.3 Å². The van der Waals surface area contributed by atoms with Gasteiger partial charge in [0.15, 0.2) is 0 Å². The van der Waals surface area contributed by atoms with Crippen LogP contribution in [0.1, 0.15) is 11.1 Å². The zero-order valence-corrected chi connectivity index (χ0v) is 13.7. The summed E-state index contributed by atoms with van der Waals surface area (Å²) in [5.41, 5.74) is 2.58. The summed E-state index contributed by atoms with van der Waals surface area (Å²) in [5, 5.41) is 7.17. The maximum atomic E-state index is 6.03. The van der Waals surface area contributed by atoms with E-state index in [0.717, 1.165) is 13.1 Å². The van der Waals surface area contributed by atoms with Gasteiger partial charge in [-0.1, -0.05) is 60.7 Å². The van der Waals surface area contributed by atoms with Crippen molar-refractivity contribution in [2.24, 2.45) is 0 Å². The molecule has 4 heteroatoms. The lowest BCUT2D eigenvalue weighted by molar-refractivity contribution is 0.0654. The molecule has 0 aromatic heterocycles. The molecule has 2 unspecified atom stereocenters. The van der Waals surface area contributed by atoms with Gasteiger partial charge in [-0.3, -0.25) is 0 Å². The van der Waals surface area contributed by atoms with Gasteiger partial charge >= 0.3 is 0 Å². The number of hydrogen-bond donors (Lipinski definition) is 2. The Morgan fingerprint density at radius 1 is 0.667 bits per heavy atom. The molecule has 24 heavy (non-hydrogen) atoms. The first-order chi connectivity index (χ1) is 11.9. The predicted molar refractivity (Wildman–Crippen MR) is 93.6 cm³/mol. The summed E-state index contributed by atoms with van der Waals surface area (Å²) in [5.74, 6) is 0. The highest BCUT2D eigenvalue weighted by Gasteiger charge is 2.47. The molecule has 2 heterocycles. The lowest BCUT2D eigenvalue weighted by atomic mass is 10.1. The van der Waals surface area contributed by atoms with Gasteiger partial charge < -0.3 is 20.1 Å². The van der Waals surface area contributed by atoms with Gasteiger partial charge in [-0.05, 0) is 11.1 Å². The molecule has 0 saturated carbocycles. The number of fused-ring (bicyclic) bond motifs is 1. The van der Waals surface area contributed by atoms with Crippen LogP contribution in [0.2, 0.25) is 0 Å². The zero-order valence-electron chi connectivity index (χ0n) is 13.7. The maximum absolute atomic E-state index is 6.03. The topological polar surface area (TPSA) is 42.5 Å². The van der Waals surface area contributed by atoms with E-state index in [1.54, 1.807) is 0 Å². The number of hydrogen-bond acceptors (Lipinski definition) is 4. The Bertz CT molecular complexity index is 577. The van der Waals surface area contributed by atoms with Gasteiger partial charge in [0.1, 0.15) is 12.2 Å². The first-order valence-corrected chi connectivity index (χ1v) is 8.68. The molecule has 2 N–H and O–H groups in total. The van der Waals surface area contributed by atoms with Crippen molar-refractivity contribution in [3.8, 4) is 0 Å². The molecule has 4 atom stereocenters. The summed E-state index contributed by atoms with van der Waals surface area (Å²) >= 11 is 0. The SMILES string of the molecule is c1ccc(CN[C@H]2COC3C2OC[C@@H]3NCc2ccccc2)cc1. The minimum atomic E-state index is 0.141. The van der Waals surface area contributed by atoms with Crippen molar-refractivity contribution in [2.45, 2.75) is 37.4 Å². The van der Waals surface area contributed by atoms with Gasteiger partial charge in [0, 0.05) is 13.1 Å². The van der Waals surface area contributed by atoms with Gasteiger partial charge in [0.25, 0.3) is 0 Å². The van der Waals surface area contributed by atoms with Crippen molar-refractivity contribution >= 4 is 0 Å². The molecular weight excluding hydrogens is 300 g/mol. The molecule has 2 aromatic carbocycles. The van der Waals surface area contributed by atoms with Gasteiger partial charge in [-0.2, -0.15) is 0 Å². The third-order valence-electron chi connectivity index (χ3n) is 4.88. The zero-order chi connectivity index (χ0) is 16.2. The van der Waals surface area contributed by atoms with Crippen LogP contribution in [0.15, 0.2) is 60.7 Å². The van der Waals surface area contributed by atoms with Crippen molar-refractivity contribution in [1.29, 1.82) is 0 Å². The van der Waals surface area contributed by atoms with E-state index in [0.29, 0.717) is 13.2 Å². The Hall–Kier alpha value is -1.72. The standard InChI is InChI=1S/C20H24N2O2/c1-3-7-15(8-4-1)11-21-17-13-23-20-18(14-24-19(17)20)22-12-16-9-5-2-6-10-16/h1-10,17-22H,11-14H2/t17-,18-,19?,20?/m0/s1. The van der Waals surface area contributed by atoms with Crippen molar-refractivity contribution in [2.75, 3.05) is 13.2 Å². The molecule has 0 bridgehead atoms. The van der Waals surface area contributed by atoms with Gasteiger partial charge in [0.05, 0.1) is 25.3 Å². The smallest absolute Gasteiger partial charge is 0.103 e. The third kappa shape index (κ3) is 3.52. The van der Waals surface area contributed by atoms with E-state index in [1.165, 1.54) is 11.1 Å². The molecule has 0 amide bonds. The van der Waals surface area contributed by atoms with Crippen LogP contribution in [0.25, 0.3) is 0 Å². The van der Waals surface area contributed by atoms with Crippen LogP contribution in [0.3, 0.4) is 0 Å². The Morgan fingerprint density at radius 2 is 1.08 bits per heavy atom. The highest BCUT2D eigenvalue weighted by atomic mass is 16.6. The lowest BCUT2D eigenvalue weighted by Crippen LogP contribution is -2.43. The number of benzene rings is 2.